The van der Waals surface area contributed by atoms with Gasteiger partial charge in [0.1, 0.15) is 11.9 Å². The number of nitrogens with zero attached hydrogens (tertiary/aromatic N) is 2. The van der Waals surface area contributed by atoms with Crippen LogP contribution in [-0.4, -0.2) is 43.5 Å². The Morgan fingerprint density at radius 3 is 2.85 bits per heavy atom. The number of carbonyl (C=O) groups is 2. The molecule has 0 aromatic carbocycles. The normalized spacial score (nSPS) is 18.9. The predicted octanol–water partition coefficient (Wildman–Crippen LogP) is 0.546. The SMILES string of the molecule is CN(C)c1ccc(C(=O)NC2CCCCNC2=O)cn1. The molecule has 6 nitrogen and oxygen atoms in total. The Morgan fingerprint density at radius 2 is 2.20 bits per heavy atom. The molecule has 1 fully saturated rings. The van der Waals surface area contributed by atoms with Gasteiger partial charge in [-0.2, -0.15) is 0 Å². The molecule has 2 rings (SSSR count). The van der Waals surface area contributed by atoms with Crippen molar-refractivity contribution in [2.75, 3.05) is 25.5 Å². The minimum Gasteiger partial charge on any atom is -0.363 e. The number of rotatable bonds is 3. The zero-order valence-corrected chi connectivity index (χ0v) is 11.8. The average molecular weight is 276 g/mol. The van der Waals surface area contributed by atoms with Gasteiger partial charge in [-0.3, -0.25) is 9.59 Å². The van der Waals surface area contributed by atoms with Crippen molar-refractivity contribution in [3.05, 3.63) is 23.9 Å². The average Bonchev–Trinajstić information content (AvgIpc) is 2.64. The molecule has 0 aliphatic carbocycles. The van der Waals surface area contributed by atoms with Crippen LogP contribution in [0.1, 0.15) is 29.6 Å². The third-order valence-electron chi connectivity index (χ3n) is 3.31. The van der Waals surface area contributed by atoms with Gasteiger partial charge in [0, 0.05) is 26.8 Å². The Balaban J connectivity index is 2.01. The summed E-state index contributed by atoms with van der Waals surface area (Å²) >= 11 is 0. The quantitative estimate of drug-likeness (QED) is 0.845. The molecule has 1 unspecified atom stereocenters. The number of pyridine rings is 1. The first-order valence-corrected chi connectivity index (χ1v) is 6.80. The van der Waals surface area contributed by atoms with Gasteiger partial charge in [0.05, 0.1) is 5.56 Å². The lowest BCUT2D eigenvalue weighted by Crippen LogP contribution is -2.45. The number of amides is 2. The highest BCUT2D eigenvalue weighted by molar-refractivity contribution is 5.97. The summed E-state index contributed by atoms with van der Waals surface area (Å²) in [5, 5.41) is 5.57. The number of aromatic nitrogens is 1. The second kappa shape index (κ2) is 6.36. The summed E-state index contributed by atoms with van der Waals surface area (Å²) < 4.78 is 0. The lowest BCUT2D eigenvalue weighted by molar-refractivity contribution is -0.122. The molecule has 1 atom stereocenters. The lowest BCUT2D eigenvalue weighted by Gasteiger charge is -2.15. The van der Waals surface area contributed by atoms with Gasteiger partial charge in [-0.15, -0.1) is 0 Å². The Morgan fingerprint density at radius 1 is 1.40 bits per heavy atom. The summed E-state index contributed by atoms with van der Waals surface area (Å²) in [5.41, 5.74) is 0.465. The van der Waals surface area contributed by atoms with Crippen molar-refractivity contribution < 1.29 is 9.59 Å². The van der Waals surface area contributed by atoms with E-state index < -0.39 is 6.04 Å². The molecule has 6 heteroatoms. The van der Waals surface area contributed by atoms with Gasteiger partial charge in [0.15, 0.2) is 0 Å². The molecule has 0 bridgehead atoms. The number of hydrogen-bond donors (Lipinski definition) is 2. The molecule has 2 N–H and O–H groups in total. The van der Waals surface area contributed by atoms with Crippen LogP contribution in [-0.2, 0) is 4.79 Å². The highest BCUT2D eigenvalue weighted by Crippen LogP contribution is 2.10. The van der Waals surface area contributed by atoms with E-state index in [1.165, 1.54) is 6.20 Å². The number of anilines is 1. The van der Waals surface area contributed by atoms with Crippen LogP contribution in [0.3, 0.4) is 0 Å². The van der Waals surface area contributed by atoms with Crippen molar-refractivity contribution in [1.29, 1.82) is 0 Å². The van der Waals surface area contributed by atoms with Crippen LogP contribution in [0.2, 0.25) is 0 Å². The molecular formula is C14H20N4O2. The van der Waals surface area contributed by atoms with Crippen molar-refractivity contribution in [1.82, 2.24) is 15.6 Å². The minimum atomic E-state index is -0.446. The first kappa shape index (κ1) is 14.3. The van der Waals surface area contributed by atoms with Gasteiger partial charge in [-0.1, -0.05) is 0 Å². The molecule has 1 aromatic heterocycles. The molecule has 2 heterocycles. The summed E-state index contributed by atoms with van der Waals surface area (Å²) in [6.07, 6.45) is 4.10. The van der Waals surface area contributed by atoms with Crippen molar-refractivity contribution in [2.24, 2.45) is 0 Å². The monoisotopic (exact) mass is 276 g/mol. The third-order valence-corrected chi connectivity index (χ3v) is 3.31. The van der Waals surface area contributed by atoms with Crippen LogP contribution < -0.4 is 15.5 Å². The highest BCUT2D eigenvalue weighted by Gasteiger charge is 2.22. The minimum absolute atomic E-state index is 0.103. The molecule has 1 aliphatic rings. The van der Waals surface area contributed by atoms with Gasteiger partial charge in [-0.05, 0) is 31.4 Å². The second-order valence-electron chi connectivity index (χ2n) is 5.11. The Kier molecular flexibility index (Phi) is 4.55. The predicted molar refractivity (Wildman–Crippen MR) is 76.7 cm³/mol. The Hall–Kier alpha value is -2.11. The van der Waals surface area contributed by atoms with Gasteiger partial charge >= 0.3 is 0 Å². The molecule has 0 spiro atoms. The molecule has 0 saturated carbocycles. The van der Waals surface area contributed by atoms with Crippen molar-refractivity contribution >= 4 is 17.6 Å². The Bertz CT molecular complexity index is 484. The summed E-state index contributed by atoms with van der Waals surface area (Å²) in [7, 11) is 3.77. The van der Waals surface area contributed by atoms with Crippen LogP contribution in [0.4, 0.5) is 5.82 Å². The van der Waals surface area contributed by atoms with E-state index >= 15 is 0 Å². The number of nitrogens with one attached hydrogen (secondary N) is 2. The van der Waals surface area contributed by atoms with E-state index in [1.54, 1.807) is 12.1 Å². The maximum absolute atomic E-state index is 12.1. The summed E-state index contributed by atoms with van der Waals surface area (Å²) in [6.45, 7) is 0.685. The summed E-state index contributed by atoms with van der Waals surface area (Å²) in [5.74, 6) is 0.423. The maximum Gasteiger partial charge on any atom is 0.253 e. The molecule has 20 heavy (non-hydrogen) atoms. The van der Waals surface area contributed by atoms with E-state index in [-0.39, 0.29) is 11.8 Å². The van der Waals surface area contributed by atoms with Crippen LogP contribution in [0.25, 0.3) is 0 Å². The standard InChI is InChI=1S/C14H20N4O2/c1-18(2)12-7-6-10(9-16-12)13(19)17-11-5-3-4-8-15-14(11)20/h6-7,9,11H,3-5,8H2,1-2H3,(H,15,20)(H,17,19). The zero-order chi connectivity index (χ0) is 14.5. The molecule has 1 aromatic rings. The molecule has 2 amide bonds. The number of hydrogen-bond acceptors (Lipinski definition) is 4. The molecule has 0 radical (unpaired) electrons. The van der Waals surface area contributed by atoms with E-state index in [2.05, 4.69) is 15.6 Å². The molecule has 108 valence electrons. The zero-order valence-electron chi connectivity index (χ0n) is 11.8. The van der Waals surface area contributed by atoms with Crippen LogP contribution in [0.5, 0.6) is 0 Å². The maximum atomic E-state index is 12.1. The lowest BCUT2D eigenvalue weighted by atomic mass is 10.1. The molecule has 1 saturated heterocycles. The number of carbonyl (C=O) groups excluding carboxylic acids is 2. The summed E-state index contributed by atoms with van der Waals surface area (Å²) in [4.78, 5) is 29.9. The fraction of sp³-hybridized carbons (Fsp3) is 0.500. The first-order chi connectivity index (χ1) is 9.58. The van der Waals surface area contributed by atoms with Gasteiger partial charge in [-0.25, -0.2) is 4.98 Å². The van der Waals surface area contributed by atoms with Crippen molar-refractivity contribution in [2.45, 2.75) is 25.3 Å². The highest BCUT2D eigenvalue weighted by atomic mass is 16.2. The third kappa shape index (κ3) is 3.46. The van der Waals surface area contributed by atoms with Crippen LogP contribution >= 0.6 is 0 Å². The largest absolute Gasteiger partial charge is 0.363 e. The van der Waals surface area contributed by atoms with Crippen LogP contribution in [0.15, 0.2) is 18.3 Å². The molecule has 1 aliphatic heterocycles. The summed E-state index contributed by atoms with van der Waals surface area (Å²) in [6, 6.07) is 3.05. The van der Waals surface area contributed by atoms with E-state index in [0.29, 0.717) is 18.5 Å². The van der Waals surface area contributed by atoms with Gasteiger partial charge in [0.25, 0.3) is 5.91 Å². The van der Waals surface area contributed by atoms with E-state index in [9.17, 15) is 9.59 Å². The molecular weight excluding hydrogens is 256 g/mol. The fourth-order valence-corrected chi connectivity index (χ4v) is 2.10. The Labute approximate surface area is 118 Å². The van der Waals surface area contributed by atoms with Gasteiger partial charge in [0.2, 0.25) is 5.91 Å². The topological polar surface area (TPSA) is 74.3 Å². The van der Waals surface area contributed by atoms with Crippen LogP contribution in [0, 0.1) is 0 Å². The van der Waals surface area contributed by atoms with Gasteiger partial charge < -0.3 is 15.5 Å². The fourth-order valence-electron chi connectivity index (χ4n) is 2.10. The van der Waals surface area contributed by atoms with Crippen molar-refractivity contribution in [3.8, 4) is 0 Å². The smallest absolute Gasteiger partial charge is 0.253 e. The van der Waals surface area contributed by atoms with Crippen molar-refractivity contribution in [3.63, 3.8) is 0 Å². The van der Waals surface area contributed by atoms with E-state index in [1.807, 2.05) is 19.0 Å². The van der Waals surface area contributed by atoms with E-state index in [4.69, 9.17) is 0 Å². The first-order valence-electron chi connectivity index (χ1n) is 6.80. The second-order valence-corrected chi connectivity index (χ2v) is 5.11. The van der Waals surface area contributed by atoms with E-state index in [0.717, 1.165) is 18.7 Å².